The Morgan fingerprint density at radius 2 is 2.06 bits per heavy atom. The van der Waals surface area contributed by atoms with E-state index in [1.807, 2.05) is 7.05 Å². The van der Waals surface area contributed by atoms with Crippen molar-refractivity contribution < 1.29 is 19.1 Å². The van der Waals surface area contributed by atoms with E-state index in [1.165, 1.54) is 0 Å². The van der Waals surface area contributed by atoms with E-state index in [2.05, 4.69) is 37.4 Å². The van der Waals surface area contributed by atoms with Crippen LogP contribution in [0.2, 0.25) is 0 Å². The molecule has 4 aliphatic carbocycles. The van der Waals surface area contributed by atoms with Crippen LogP contribution in [0.4, 0.5) is 0 Å². The molecule has 0 unspecified atom stereocenters. The van der Waals surface area contributed by atoms with Crippen LogP contribution in [0.5, 0.6) is 0 Å². The molecular formula is C26H33NO4. The third-order valence-corrected chi connectivity index (χ3v) is 8.07. The Balaban J connectivity index is 1.61. The van der Waals surface area contributed by atoms with Crippen molar-refractivity contribution in [3.8, 4) is 0 Å². The number of fused-ring (bicyclic) bond motifs is 1. The molecule has 2 heterocycles. The van der Waals surface area contributed by atoms with E-state index in [0.717, 1.165) is 79.7 Å². The molecule has 1 N–H and O–H groups in total. The first kappa shape index (κ1) is 20.7. The summed E-state index contributed by atoms with van der Waals surface area (Å²) in [5, 5.41) is 3.22. The summed E-state index contributed by atoms with van der Waals surface area (Å²) in [6.07, 6.45) is 13.0. The van der Waals surface area contributed by atoms with Gasteiger partial charge in [0.2, 0.25) is 0 Å². The summed E-state index contributed by atoms with van der Waals surface area (Å²) in [6, 6.07) is 0. The summed E-state index contributed by atoms with van der Waals surface area (Å²) >= 11 is 0. The SMILES string of the molecule is CCC/C=C1\OC(=O)C2=C1CC[C@H]1[C@H]3C=C4C(=O)OC(=CC[C@H](C)CNC)[C@@]4(CC3)[C@@H]21. The predicted molar refractivity (Wildman–Crippen MR) is 117 cm³/mol. The molecule has 2 fully saturated rings. The molecule has 5 nitrogen and oxygen atoms in total. The van der Waals surface area contributed by atoms with Gasteiger partial charge in [-0.3, -0.25) is 0 Å². The fourth-order valence-corrected chi connectivity index (χ4v) is 6.75. The number of esters is 2. The van der Waals surface area contributed by atoms with Gasteiger partial charge >= 0.3 is 11.9 Å². The molecule has 0 aromatic heterocycles. The van der Waals surface area contributed by atoms with Gasteiger partial charge < -0.3 is 14.8 Å². The van der Waals surface area contributed by atoms with Gasteiger partial charge in [-0.25, -0.2) is 9.59 Å². The molecule has 1 saturated carbocycles. The minimum atomic E-state index is -0.490. The van der Waals surface area contributed by atoms with Gasteiger partial charge in [0.15, 0.2) is 0 Å². The van der Waals surface area contributed by atoms with Crippen molar-refractivity contribution >= 4 is 11.9 Å². The van der Waals surface area contributed by atoms with Crippen molar-refractivity contribution in [3.05, 3.63) is 46.5 Å². The van der Waals surface area contributed by atoms with Crippen LogP contribution in [-0.2, 0) is 19.1 Å². The van der Waals surface area contributed by atoms with Gasteiger partial charge in [-0.05, 0) is 82.0 Å². The van der Waals surface area contributed by atoms with Crippen molar-refractivity contribution in [3.63, 3.8) is 0 Å². The second kappa shape index (κ2) is 7.77. The summed E-state index contributed by atoms with van der Waals surface area (Å²) in [5.74, 6) is 2.30. The minimum Gasteiger partial charge on any atom is -0.427 e. The standard InChI is InChI=1S/C26H33NO4/c1-4-5-6-20-18-9-8-17-16-11-12-26(23(17)22(18)25(29)30-20)19(13-16)24(28)31-21(26)10-7-15(2)14-27-3/h6,10,13,15-17,23,27H,4-5,7-9,11-12,14H2,1-3H3/b20-6-,21-10?/t15-,16+,17-,23+,26-/m0/s1. The van der Waals surface area contributed by atoms with E-state index in [-0.39, 0.29) is 17.9 Å². The van der Waals surface area contributed by atoms with E-state index < -0.39 is 5.41 Å². The fourth-order valence-electron chi connectivity index (χ4n) is 6.75. The van der Waals surface area contributed by atoms with Crippen molar-refractivity contribution in [2.75, 3.05) is 13.6 Å². The van der Waals surface area contributed by atoms with Crippen molar-refractivity contribution in [2.24, 2.45) is 29.1 Å². The quantitative estimate of drug-likeness (QED) is 0.634. The summed E-state index contributed by atoms with van der Waals surface area (Å²) in [7, 11) is 1.96. The average Bonchev–Trinajstić information content (AvgIpc) is 3.25. The maximum Gasteiger partial charge on any atom is 0.340 e. The number of carbonyl (C=O) groups is 2. The van der Waals surface area contributed by atoms with Crippen LogP contribution in [0.15, 0.2) is 46.5 Å². The van der Waals surface area contributed by atoms with Gasteiger partial charge in [-0.15, -0.1) is 0 Å². The summed E-state index contributed by atoms with van der Waals surface area (Å²) in [4.78, 5) is 26.1. The Bertz CT molecular complexity index is 939. The topological polar surface area (TPSA) is 64.6 Å². The fraction of sp³-hybridized carbons (Fsp3) is 0.615. The highest BCUT2D eigenvalue weighted by Gasteiger charge is 2.66. The third-order valence-electron chi connectivity index (χ3n) is 8.07. The van der Waals surface area contributed by atoms with E-state index in [1.54, 1.807) is 0 Å². The molecular weight excluding hydrogens is 390 g/mol. The zero-order valence-corrected chi connectivity index (χ0v) is 18.8. The van der Waals surface area contributed by atoms with Gasteiger partial charge in [0.1, 0.15) is 11.5 Å². The minimum absolute atomic E-state index is 0.00710. The number of allylic oxidation sites excluding steroid dienone is 5. The molecule has 31 heavy (non-hydrogen) atoms. The molecule has 1 saturated heterocycles. The van der Waals surface area contributed by atoms with Crippen LogP contribution in [0, 0.1) is 29.1 Å². The Morgan fingerprint density at radius 1 is 1.23 bits per heavy atom. The summed E-state index contributed by atoms with van der Waals surface area (Å²) in [5.41, 5.74) is 2.23. The highest BCUT2D eigenvalue weighted by atomic mass is 16.5. The van der Waals surface area contributed by atoms with Crippen molar-refractivity contribution in [1.29, 1.82) is 0 Å². The predicted octanol–water partition coefficient (Wildman–Crippen LogP) is 4.57. The smallest absolute Gasteiger partial charge is 0.340 e. The lowest BCUT2D eigenvalue weighted by Crippen LogP contribution is -2.50. The van der Waals surface area contributed by atoms with Gasteiger partial charge in [0, 0.05) is 22.6 Å². The lowest BCUT2D eigenvalue weighted by atomic mass is 9.47. The van der Waals surface area contributed by atoms with Crippen LogP contribution in [0.3, 0.4) is 0 Å². The molecule has 5 heteroatoms. The van der Waals surface area contributed by atoms with Gasteiger partial charge in [-0.2, -0.15) is 0 Å². The monoisotopic (exact) mass is 423 g/mol. The first-order valence-electron chi connectivity index (χ1n) is 12.0. The number of carbonyl (C=O) groups excluding carboxylic acids is 2. The zero-order valence-electron chi connectivity index (χ0n) is 18.8. The molecule has 6 rings (SSSR count). The first-order valence-corrected chi connectivity index (χ1v) is 12.0. The average molecular weight is 424 g/mol. The number of hydrogen-bond donors (Lipinski definition) is 1. The zero-order chi connectivity index (χ0) is 21.8. The molecule has 2 bridgehead atoms. The van der Waals surface area contributed by atoms with Crippen LogP contribution in [0.25, 0.3) is 0 Å². The number of cyclic esters (lactones) is 2. The van der Waals surface area contributed by atoms with Gasteiger partial charge in [-0.1, -0.05) is 26.3 Å². The number of nitrogens with one attached hydrogen (secondary N) is 1. The lowest BCUT2D eigenvalue weighted by Gasteiger charge is -2.54. The molecule has 0 radical (unpaired) electrons. The van der Waals surface area contributed by atoms with Crippen molar-refractivity contribution in [1.82, 2.24) is 5.32 Å². The van der Waals surface area contributed by atoms with Crippen LogP contribution in [0.1, 0.15) is 58.8 Å². The highest BCUT2D eigenvalue weighted by molar-refractivity contribution is 5.99. The van der Waals surface area contributed by atoms with Crippen molar-refractivity contribution in [2.45, 2.75) is 58.8 Å². The molecule has 6 aliphatic rings. The molecule has 2 aliphatic heterocycles. The van der Waals surface area contributed by atoms with Crippen LogP contribution < -0.4 is 5.32 Å². The molecule has 0 aromatic rings. The van der Waals surface area contributed by atoms with E-state index >= 15 is 0 Å². The Morgan fingerprint density at radius 3 is 2.84 bits per heavy atom. The van der Waals surface area contributed by atoms with E-state index in [9.17, 15) is 9.59 Å². The second-order valence-electron chi connectivity index (χ2n) is 9.93. The molecule has 0 amide bonds. The van der Waals surface area contributed by atoms with E-state index in [0.29, 0.717) is 17.8 Å². The number of rotatable bonds is 6. The van der Waals surface area contributed by atoms with Crippen LogP contribution in [-0.4, -0.2) is 25.5 Å². The second-order valence-corrected chi connectivity index (χ2v) is 9.93. The Labute approximate surface area is 184 Å². The summed E-state index contributed by atoms with van der Waals surface area (Å²) < 4.78 is 11.7. The highest BCUT2D eigenvalue weighted by Crippen LogP contribution is 2.68. The molecule has 0 aromatic carbocycles. The van der Waals surface area contributed by atoms with E-state index in [4.69, 9.17) is 9.47 Å². The normalized spacial score (nSPS) is 36.9. The lowest BCUT2D eigenvalue weighted by molar-refractivity contribution is -0.135. The maximum atomic E-state index is 13.1. The number of hydrogen-bond acceptors (Lipinski definition) is 5. The maximum absolute atomic E-state index is 13.1. The number of unbranched alkanes of at least 4 members (excludes halogenated alkanes) is 1. The first-order chi connectivity index (χ1) is 15.0. The largest absolute Gasteiger partial charge is 0.427 e. The number of ether oxygens (including phenoxy) is 2. The Kier molecular flexibility index (Phi) is 5.20. The molecule has 1 spiro atoms. The molecule has 5 atom stereocenters. The Hall–Kier alpha value is -2.14. The van der Waals surface area contributed by atoms with Crippen LogP contribution >= 0.6 is 0 Å². The molecule has 166 valence electrons. The van der Waals surface area contributed by atoms with Gasteiger partial charge in [0.25, 0.3) is 0 Å². The summed E-state index contributed by atoms with van der Waals surface area (Å²) in [6.45, 7) is 5.23. The van der Waals surface area contributed by atoms with Gasteiger partial charge in [0.05, 0.1) is 5.41 Å². The third kappa shape index (κ3) is 3.00.